The van der Waals surface area contributed by atoms with E-state index >= 15 is 0 Å². The van der Waals surface area contributed by atoms with Gasteiger partial charge in [0.05, 0.1) is 5.56 Å². The van der Waals surface area contributed by atoms with Crippen LogP contribution in [0.3, 0.4) is 0 Å². The molecule has 1 aliphatic rings. The molecule has 2 aromatic heterocycles. The molecular formula is C12H9N3O2. The van der Waals surface area contributed by atoms with Crippen LogP contribution in [0.15, 0.2) is 18.3 Å². The summed E-state index contributed by atoms with van der Waals surface area (Å²) in [6.07, 6.45) is 1.51. The van der Waals surface area contributed by atoms with Crippen LogP contribution in [-0.4, -0.2) is 26.1 Å². The predicted octanol–water partition coefficient (Wildman–Crippen LogP) is 0.899. The summed E-state index contributed by atoms with van der Waals surface area (Å²) in [6, 6.07) is 3.25. The maximum atomic E-state index is 12.2. The summed E-state index contributed by atoms with van der Waals surface area (Å²) in [5, 5.41) is 0. The van der Waals surface area contributed by atoms with Crippen LogP contribution in [0.2, 0.25) is 0 Å². The minimum atomic E-state index is -0.238. The first-order valence-corrected chi connectivity index (χ1v) is 5.19. The molecule has 1 aliphatic carbocycles. The zero-order valence-corrected chi connectivity index (χ0v) is 9.39. The van der Waals surface area contributed by atoms with Crippen molar-refractivity contribution in [2.24, 2.45) is 7.05 Å². The van der Waals surface area contributed by atoms with E-state index in [1.807, 2.05) is 0 Å². The third-order valence-corrected chi connectivity index (χ3v) is 3.02. The molecule has 0 N–H and O–H groups in total. The van der Waals surface area contributed by atoms with Gasteiger partial charge in [0.2, 0.25) is 11.6 Å². The van der Waals surface area contributed by atoms with Gasteiger partial charge in [-0.1, -0.05) is 0 Å². The summed E-state index contributed by atoms with van der Waals surface area (Å²) in [7, 11) is 1.72. The highest BCUT2D eigenvalue weighted by Crippen LogP contribution is 2.25. The molecule has 84 valence electrons. The molecule has 5 heteroatoms. The van der Waals surface area contributed by atoms with Crippen molar-refractivity contribution in [2.75, 3.05) is 0 Å². The number of carbonyl (C=O) groups is 2. The Morgan fingerprint density at radius 2 is 1.94 bits per heavy atom. The van der Waals surface area contributed by atoms with E-state index in [4.69, 9.17) is 0 Å². The van der Waals surface area contributed by atoms with Gasteiger partial charge in [0.25, 0.3) is 0 Å². The first kappa shape index (κ1) is 9.89. The second-order valence-electron chi connectivity index (χ2n) is 3.97. The van der Waals surface area contributed by atoms with E-state index in [-0.39, 0.29) is 23.0 Å². The van der Waals surface area contributed by atoms with E-state index in [0.29, 0.717) is 17.1 Å². The fourth-order valence-electron chi connectivity index (χ4n) is 2.04. The molecule has 0 unspecified atom stereocenters. The number of ketones is 2. The Morgan fingerprint density at radius 1 is 1.18 bits per heavy atom. The summed E-state index contributed by atoms with van der Waals surface area (Å²) in [4.78, 5) is 32.5. The van der Waals surface area contributed by atoms with Crippen molar-refractivity contribution in [3.8, 4) is 0 Å². The minimum absolute atomic E-state index is 0.216. The number of nitrogens with zero attached hydrogens (tertiary/aromatic N) is 3. The highest BCUT2D eigenvalue weighted by atomic mass is 16.1. The highest BCUT2D eigenvalue weighted by Gasteiger charge is 2.35. The molecule has 0 fully saturated rings. The highest BCUT2D eigenvalue weighted by molar-refractivity contribution is 6.26. The van der Waals surface area contributed by atoms with Crippen LogP contribution in [0.25, 0.3) is 0 Å². The van der Waals surface area contributed by atoms with Gasteiger partial charge in [0, 0.05) is 13.2 Å². The molecule has 0 spiro atoms. The summed E-state index contributed by atoms with van der Waals surface area (Å²) in [5.41, 5.74) is 1.12. The molecular weight excluding hydrogens is 218 g/mol. The largest absolute Gasteiger partial charge is 0.328 e. The van der Waals surface area contributed by atoms with Gasteiger partial charge >= 0.3 is 0 Å². The summed E-state index contributed by atoms with van der Waals surface area (Å²) < 4.78 is 1.63. The van der Waals surface area contributed by atoms with Crippen LogP contribution in [0.5, 0.6) is 0 Å². The number of rotatable bonds is 0. The van der Waals surface area contributed by atoms with Crippen molar-refractivity contribution >= 4 is 11.6 Å². The number of pyridine rings is 1. The van der Waals surface area contributed by atoms with Crippen LogP contribution >= 0.6 is 0 Å². The maximum Gasteiger partial charge on any atom is 0.230 e. The van der Waals surface area contributed by atoms with Crippen LogP contribution in [0.4, 0.5) is 0 Å². The lowest BCUT2D eigenvalue weighted by molar-refractivity contribution is 0.0968. The number of aryl methyl sites for hydroxylation is 1. The van der Waals surface area contributed by atoms with Crippen molar-refractivity contribution in [3.63, 3.8) is 0 Å². The molecule has 0 aromatic carbocycles. The van der Waals surface area contributed by atoms with Gasteiger partial charge in [-0.05, 0) is 19.1 Å². The number of aromatic nitrogens is 3. The van der Waals surface area contributed by atoms with Crippen LogP contribution in [0, 0.1) is 6.92 Å². The molecule has 5 nitrogen and oxygen atoms in total. The molecule has 3 rings (SSSR count). The fraction of sp³-hybridized carbons (Fsp3) is 0.167. The van der Waals surface area contributed by atoms with E-state index in [9.17, 15) is 9.59 Å². The van der Waals surface area contributed by atoms with Crippen molar-refractivity contribution in [3.05, 3.63) is 46.8 Å². The van der Waals surface area contributed by atoms with Crippen molar-refractivity contribution in [1.29, 1.82) is 0 Å². The Morgan fingerprint density at radius 3 is 2.71 bits per heavy atom. The second kappa shape index (κ2) is 3.10. The number of imidazole rings is 1. The topological polar surface area (TPSA) is 64.8 Å². The SMILES string of the molecule is Cc1nc2c(n1C)C(=O)c1ncccc1C2=O. The first-order chi connectivity index (χ1) is 8.11. The van der Waals surface area contributed by atoms with E-state index in [2.05, 4.69) is 9.97 Å². The molecule has 0 saturated heterocycles. The average Bonchev–Trinajstić information content (AvgIpc) is 2.64. The number of fused-ring (bicyclic) bond motifs is 2. The molecule has 0 radical (unpaired) electrons. The monoisotopic (exact) mass is 227 g/mol. The summed E-state index contributed by atoms with van der Waals surface area (Å²) in [6.45, 7) is 1.76. The van der Waals surface area contributed by atoms with Gasteiger partial charge in [-0.3, -0.25) is 14.6 Å². The Bertz CT molecular complexity index is 670. The second-order valence-corrected chi connectivity index (χ2v) is 3.97. The normalized spacial score (nSPS) is 13.5. The quantitative estimate of drug-likeness (QED) is 0.572. The van der Waals surface area contributed by atoms with E-state index in [1.54, 1.807) is 30.7 Å². The molecule has 0 atom stereocenters. The number of carbonyl (C=O) groups excluding carboxylic acids is 2. The molecule has 0 saturated carbocycles. The van der Waals surface area contributed by atoms with Gasteiger partial charge in [-0.2, -0.15) is 0 Å². The Labute approximate surface area is 97.1 Å². The minimum Gasteiger partial charge on any atom is -0.328 e. The van der Waals surface area contributed by atoms with E-state index < -0.39 is 0 Å². The van der Waals surface area contributed by atoms with Crippen molar-refractivity contribution < 1.29 is 9.59 Å². The average molecular weight is 227 g/mol. The zero-order valence-electron chi connectivity index (χ0n) is 9.39. The van der Waals surface area contributed by atoms with Crippen LogP contribution in [0.1, 0.15) is 38.1 Å². The van der Waals surface area contributed by atoms with Crippen molar-refractivity contribution in [2.45, 2.75) is 6.92 Å². The van der Waals surface area contributed by atoms with E-state index in [1.165, 1.54) is 6.20 Å². The third-order valence-electron chi connectivity index (χ3n) is 3.02. The zero-order chi connectivity index (χ0) is 12.2. The number of hydrogen-bond donors (Lipinski definition) is 0. The van der Waals surface area contributed by atoms with E-state index in [0.717, 1.165) is 0 Å². The van der Waals surface area contributed by atoms with Gasteiger partial charge in [-0.25, -0.2) is 4.98 Å². The smallest absolute Gasteiger partial charge is 0.230 e. The van der Waals surface area contributed by atoms with Gasteiger partial charge < -0.3 is 4.57 Å². The standard InChI is InChI=1S/C12H9N3O2/c1-6-14-9-10(15(6)2)12(17)8-7(11(9)16)4-3-5-13-8/h3-5H,1-2H3. The van der Waals surface area contributed by atoms with Gasteiger partial charge in [-0.15, -0.1) is 0 Å². The summed E-state index contributed by atoms with van der Waals surface area (Å²) in [5.74, 6) is 0.175. The lowest BCUT2D eigenvalue weighted by Gasteiger charge is -2.12. The summed E-state index contributed by atoms with van der Waals surface area (Å²) >= 11 is 0. The number of hydrogen-bond acceptors (Lipinski definition) is 4. The van der Waals surface area contributed by atoms with Crippen LogP contribution in [-0.2, 0) is 7.05 Å². The Kier molecular flexibility index (Phi) is 1.80. The Hall–Kier alpha value is -2.30. The first-order valence-electron chi connectivity index (χ1n) is 5.19. The lowest BCUT2D eigenvalue weighted by Crippen LogP contribution is -2.23. The van der Waals surface area contributed by atoms with Crippen LogP contribution < -0.4 is 0 Å². The third kappa shape index (κ3) is 1.13. The molecule has 0 amide bonds. The van der Waals surface area contributed by atoms with Gasteiger partial charge in [0.1, 0.15) is 22.9 Å². The molecule has 2 heterocycles. The van der Waals surface area contributed by atoms with Gasteiger partial charge in [0.15, 0.2) is 0 Å². The molecule has 0 bridgehead atoms. The Balaban J connectivity index is 2.37. The molecule has 17 heavy (non-hydrogen) atoms. The van der Waals surface area contributed by atoms with Crippen molar-refractivity contribution in [1.82, 2.24) is 14.5 Å². The predicted molar refractivity (Wildman–Crippen MR) is 59.0 cm³/mol. The fourth-order valence-corrected chi connectivity index (χ4v) is 2.04. The molecule has 0 aliphatic heterocycles. The maximum absolute atomic E-state index is 12.2. The molecule has 2 aromatic rings. The lowest BCUT2D eigenvalue weighted by atomic mass is 9.94.